The van der Waals surface area contributed by atoms with E-state index in [1.807, 2.05) is 30.1 Å². The molecule has 4 nitrogen and oxygen atoms in total. The van der Waals surface area contributed by atoms with Crippen molar-refractivity contribution in [3.8, 4) is 5.75 Å². The number of ether oxygens (including phenoxy) is 1. The number of benzene rings is 1. The third kappa shape index (κ3) is 2.25. The van der Waals surface area contributed by atoms with Gasteiger partial charge in [0.25, 0.3) is 0 Å². The van der Waals surface area contributed by atoms with Crippen LogP contribution in [0, 0.1) is 0 Å². The minimum absolute atomic E-state index is 0.186. The highest BCUT2D eigenvalue weighted by molar-refractivity contribution is 9.10. The molecule has 2 heterocycles. The monoisotopic (exact) mass is 335 g/mol. The van der Waals surface area contributed by atoms with Crippen molar-refractivity contribution in [1.82, 2.24) is 15.1 Å². The van der Waals surface area contributed by atoms with Crippen LogP contribution in [0.4, 0.5) is 0 Å². The van der Waals surface area contributed by atoms with Gasteiger partial charge in [-0.3, -0.25) is 4.68 Å². The minimum Gasteiger partial charge on any atom is -0.493 e. The molecule has 106 valence electrons. The summed E-state index contributed by atoms with van der Waals surface area (Å²) in [7, 11) is 1.98. The molecule has 2 atom stereocenters. The summed E-state index contributed by atoms with van der Waals surface area (Å²) >= 11 is 3.61. The van der Waals surface area contributed by atoms with Gasteiger partial charge in [0.2, 0.25) is 0 Å². The molecule has 0 saturated heterocycles. The molecule has 1 aliphatic heterocycles. The Bertz CT molecular complexity index is 591. The molecule has 1 aromatic carbocycles. The van der Waals surface area contributed by atoms with Crippen molar-refractivity contribution in [2.24, 2.45) is 7.05 Å². The van der Waals surface area contributed by atoms with Gasteiger partial charge >= 0.3 is 0 Å². The SMILES string of the molecule is CCNC(c1c(Br)cnn1C)C1COc2ccccc21. The Balaban J connectivity index is 2.01. The van der Waals surface area contributed by atoms with Gasteiger partial charge in [-0.1, -0.05) is 25.1 Å². The van der Waals surface area contributed by atoms with Crippen molar-refractivity contribution >= 4 is 15.9 Å². The van der Waals surface area contributed by atoms with E-state index in [4.69, 9.17) is 4.74 Å². The number of fused-ring (bicyclic) bond motifs is 1. The van der Waals surface area contributed by atoms with Gasteiger partial charge in [-0.2, -0.15) is 5.10 Å². The number of aryl methyl sites for hydroxylation is 1. The Hall–Kier alpha value is -1.33. The molecule has 1 aliphatic rings. The highest BCUT2D eigenvalue weighted by atomic mass is 79.9. The second-order valence-electron chi connectivity index (χ2n) is 4.99. The van der Waals surface area contributed by atoms with Crippen LogP contribution >= 0.6 is 15.9 Å². The van der Waals surface area contributed by atoms with Gasteiger partial charge in [-0.15, -0.1) is 0 Å². The number of halogens is 1. The fraction of sp³-hybridized carbons (Fsp3) is 0.400. The molecular weight excluding hydrogens is 318 g/mol. The van der Waals surface area contributed by atoms with Crippen LogP contribution < -0.4 is 10.1 Å². The van der Waals surface area contributed by atoms with Gasteiger partial charge < -0.3 is 10.1 Å². The van der Waals surface area contributed by atoms with Gasteiger partial charge in [0, 0.05) is 18.5 Å². The molecule has 0 spiro atoms. The topological polar surface area (TPSA) is 39.1 Å². The number of nitrogens with one attached hydrogen (secondary N) is 1. The maximum Gasteiger partial charge on any atom is 0.122 e. The fourth-order valence-corrected chi connectivity index (χ4v) is 3.48. The fourth-order valence-electron chi connectivity index (χ4n) is 2.88. The van der Waals surface area contributed by atoms with E-state index in [2.05, 4.69) is 45.4 Å². The van der Waals surface area contributed by atoms with E-state index in [9.17, 15) is 0 Å². The van der Waals surface area contributed by atoms with Crippen LogP contribution in [-0.2, 0) is 7.05 Å². The van der Waals surface area contributed by atoms with Gasteiger partial charge in [0.15, 0.2) is 0 Å². The molecule has 0 saturated carbocycles. The lowest BCUT2D eigenvalue weighted by molar-refractivity contribution is 0.296. The quantitative estimate of drug-likeness (QED) is 0.933. The van der Waals surface area contributed by atoms with E-state index in [1.54, 1.807) is 0 Å². The molecule has 0 aliphatic carbocycles. The van der Waals surface area contributed by atoms with Crippen molar-refractivity contribution in [2.75, 3.05) is 13.2 Å². The molecule has 1 N–H and O–H groups in total. The van der Waals surface area contributed by atoms with E-state index in [0.717, 1.165) is 22.5 Å². The molecule has 20 heavy (non-hydrogen) atoms. The van der Waals surface area contributed by atoms with Crippen molar-refractivity contribution in [1.29, 1.82) is 0 Å². The normalized spacial score (nSPS) is 18.6. The average molecular weight is 336 g/mol. The van der Waals surface area contributed by atoms with Crippen LogP contribution in [0.15, 0.2) is 34.9 Å². The van der Waals surface area contributed by atoms with Gasteiger partial charge in [0.05, 0.1) is 29.0 Å². The smallest absolute Gasteiger partial charge is 0.122 e. The molecule has 0 amide bonds. The predicted octanol–water partition coefficient (Wildman–Crippen LogP) is 3.01. The summed E-state index contributed by atoms with van der Waals surface area (Å²) in [5.41, 5.74) is 2.43. The molecule has 5 heteroatoms. The summed E-state index contributed by atoms with van der Waals surface area (Å²) in [4.78, 5) is 0. The van der Waals surface area contributed by atoms with Crippen LogP contribution in [0.2, 0.25) is 0 Å². The number of aromatic nitrogens is 2. The van der Waals surface area contributed by atoms with Crippen LogP contribution in [0.3, 0.4) is 0 Å². The molecule has 0 fully saturated rings. The van der Waals surface area contributed by atoms with Crippen LogP contribution in [0.25, 0.3) is 0 Å². The van der Waals surface area contributed by atoms with Gasteiger partial charge in [-0.25, -0.2) is 0 Å². The number of para-hydroxylation sites is 1. The zero-order valence-corrected chi connectivity index (χ0v) is 13.2. The first-order chi connectivity index (χ1) is 9.72. The Morgan fingerprint density at radius 3 is 3.00 bits per heavy atom. The molecule has 3 rings (SSSR count). The van der Waals surface area contributed by atoms with Crippen LogP contribution in [0.5, 0.6) is 5.75 Å². The molecular formula is C15H18BrN3O. The zero-order valence-electron chi connectivity index (χ0n) is 11.6. The summed E-state index contributed by atoms with van der Waals surface area (Å²) in [5.74, 6) is 1.30. The van der Waals surface area contributed by atoms with Crippen LogP contribution in [0.1, 0.15) is 30.1 Å². The molecule has 1 aromatic heterocycles. The van der Waals surface area contributed by atoms with E-state index < -0.39 is 0 Å². The molecule has 0 radical (unpaired) electrons. The Morgan fingerprint density at radius 2 is 2.30 bits per heavy atom. The summed E-state index contributed by atoms with van der Waals surface area (Å²) in [6, 6.07) is 8.47. The Morgan fingerprint density at radius 1 is 1.50 bits per heavy atom. The van der Waals surface area contributed by atoms with Crippen LogP contribution in [-0.4, -0.2) is 22.9 Å². The minimum atomic E-state index is 0.186. The first-order valence-electron chi connectivity index (χ1n) is 6.85. The third-order valence-corrected chi connectivity index (χ3v) is 4.41. The zero-order chi connectivity index (χ0) is 14.1. The number of likely N-dealkylation sites (N-methyl/N-ethyl adjacent to an activating group) is 1. The first-order valence-corrected chi connectivity index (χ1v) is 7.64. The van der Waals surface area contributed by atoms with Gasteiger partial charge in [-0.05, 0) is 28.5 Å². The molecule has 0 bridgehead atoms. The lowest BCUT2D eigenvalue weighted by Gasteiger charge is -2.24. The van der Waals surface area contributed by atoms with E-state index in [-0.39, 0.29) is 6.04 Å². The second-order valence-corrected chi connectivity index (χ2v) is 5.85. The molecule has 2 aromatic rings. The maximum absolute atomic E-state index is 5.83. The first kappa shape index (κ1) is 13.6. The van der Waals surface area contributed by atoms with Crippen molar-refractivity contribution in [2.45, 2.75) is 18.9 Å². The average Bonchev–Trinajstić information content (AvgIpc) is 3.01. The van der Waals surface area contributed by atoms with E-state index in [0.29, 0.717) is 12.5 Å². The summed E-state index contributed by atoms with van der Waals surface area (Å²) < 4.78 is 8.80. The predicted molar refractivity (Wildman–Crippen MR) is 82.0 cm³/mol. The number of nitrogens with zero attached hydrogens (tertiary/aromatic N) is 2. The van der Waals surface area contributed by atoms with E-state index >= 15 is 0 Å². The summed E-state index contributed by atoms with van der Waals surface area (Å²) in [6.07, 6.45) is 1.85. The summed E-state index contributed by atoms with van der Waals surface area (Å²) in [5, 5.41) is 7.91. The largest absolute Gasteiger partial charge is 0.493 e. The number of hydrogen-bond acceptors (Lipinski definition) is 3. The maximum atomic E-state index is 5.83. The van der Waals surface area contributed by atoms with E-state index in [1.165, 1.54) is 5.56 Å². The van der Waals surface area contributed by atoms with Crippen molar-refractivity contribution < 1.29 is 4.74 Å². The Labute approximate surface area is 127 Å². The highest BCUT2D eigenvalue weighted by Gasteiger charge is 2.34. The lowest BCUT2D eigenvalue weighted by Crippen LogP contribution is -2.30. The standard InChI is InChI=1S/C15H18BrN3O/c1-3-17-14(15-12(16)8-18-19(15)2)11-9-20-13-7-5-4-6-10(11)13/h4-8,11,14,17H,3,9H2,1-2H3. The lowest BCUT2D eigenvalue weighted by atomic mass is 9.91. The van der Waals surface area contributed by atoms with Crippen molar-refractivity contribution in [3.63, 3.8) is 0 Å². The number of rotatable bonds is 4. The third-order valence-electron chi connectivity index (χ3n) is 3.80. The highest BCUT2D eigenvalue weighted by Crippen LogP contribution is 2.42. The second kappa shape index (κ2) is 5.58. The number of hydrogen-bond donors (Lipinski definition) is 1. The molecule has 2 unspecified atom stereocenters. The van der Waals surface area contributed by atoms with Gasteiger partial charge in [0.1, 0.15) is 5.75 Å². The van der Waals surface area contributed by atoms with Crippen molar-refractivity contribution in [3.05, 3.63) is 46.2 Å². The summed E-state index contributed by atoms with van der Waals surface area (Å²) in [6.45, 7) is 3.73. The Kier molecular flexibility index (Phi) is 3.81.